The summed E-state index contributed by atoms with van der Waals surface area (Å²) in [6.45, 7) is 7.53. The van der Waals surface area contributed by atoms with Crippen LogP contribution in [-0.4, -0.2) is 35.3 Å². The largest absolute Gasteiger partial charge is 0.493 e. The Morgan fingerprint density at radius 1 is 1.12 bits per heavy atom. The lowest BCUT2D eigenvalue weighted by atomic mass is 9.95. The third-order valence-electron chi connectivity index (χ3n) is 7.24. The third kappa shape index (κ3) is 7.40. The summed E-state index contributed by atoms with van der Waals surface area (Å²) in [5.41, 5.74) is 2.23. The molecular weight excluding hydrogens is 770 g/mol. The normalized spacial score (nSPS) is 14.4. The van der Waals surface area contributed by atoms with Crippen LogP contribution in [0.25, 0.3) is 6.08 Å². The van der Waals surface area contributed by atoms with Crippen molar-refractivity contribution in [1.82, 2.24) is 4.57 Å². The Hall–Kier alpha value is -4.27. The number of hydrogen-bond acceptors (Lipinski definition) is 10. The van der Waals surface area contributed by atoms with E-state index in [1.54, 1.807) is 50.3 Å². The van der Waals surface area contributed by atoms with Crippen molar-refractivity contribution in [3.63, 3.8) is 0 Å². The second-order valence-electron chi connectivity index (χ2n) is 10.9. The van der Waals surface area contributed by atoms with Gasteiger partial charge in [0.2, 0.25) is 0 Å². The summed E-state index contributed by atoms with van der Waals surface area (Å²) in [7, 11) is 1.53. The number of non-ortho nitro benzene ring substituents is 1. The summed E-state index contributed by atoms with van der Waals surface area (Å²) < 4.78 is 26.4. The van der Waals surface area contributed by atoms with Crippen LogP contribution >= 0.6 is 43.2 Å². The number of fused-ring (bicyclic) bond motifs is 1. The molecule has 5 rings (SSSR count). The number of thiazole rings is 1. The molecule has 0 bridgehead atoms. The molecule has 0 spiro atoms. The number of nitro groups is 1. The van der Waals surface area contributed by atoms with Gasteiger partial charge in [0.15, 0.2) is 16.3 Å². The summed E-state index contributed by atoms with van der Waals surface area (Å²) in [4.78, 5) is 43.3. The highest BCUT2D eigenvalue weighted by Crippen LogP contribution is 2.37. The fraction of sp³-hybridized carbons (Fsp3) is 0.265. The molecule has 1 atom stereocenters. The molecule has 0 unspecified atom stereocenters. The van der Waals surface area contributed by atoms with Crippen LogP contribution in [0, 0.1) is 10.1 Å². The molecule has 0 amide bonds. The number of halogens is 2. The summed E-state index contributed by atoms with van der Waals surface area (Å²) in [5.74, 6) is 0.878. The van der Waals surface area contributed by atoms with E-state index < -0.39 is 16.9 Å². The van der Waals surface area contributed by atoms with Crippen LogP contribution in [0.15, 0.2) is 84.6 Å². The predicted octanol–water partition coefficient (Wildman–Crippen LogP) is 6.61. The Kier molecular flexibility index (Phi) is 10.9. The zero-order chi connectivity index (χ0) is 34.7. The molecule has 14 heteroatoms. The number of methoxy groups -OCH3 is 1. The predicted molar refractivity (Wildman–Crippen MR) is 188 cm³/mol. The highest BCUT2D eigenvalue weighted by molar-refractivity contribution is 9.11. The van der Waals surface area contributed by atoms with Crippen LogP contribution in [0.3, 0.4) is 0 Å². The fourth-order valence-corrected chi connectivity index (χ4v) is 7.57. The monoisotopic (exact) mass is 799 g/mol. The van der Waals surface area contributed by atoms with Crippen molar-refractivity contribution in [3.8, 4) is 17.2 Å². The van der Waals surface area contributed by atoms with Gasteiger partial charge < -0.3 is 18.9 Å². The SMILES string of the molecule is CCOC(=O)C1=C(C)N=c2s/c(=C/c3cc(Br)cc(Br)c3OCc3ccc([N+](=O)[O-])cc3)c(=O)n2[C@H]1c1ccc(OC(C)C)c(OC)c1. The van der Waals surface area contributed by atoms with Gasteiger partial charge in [-0.1, -0.05) is 33.3 Å². The lowest BCUT2D eigenvalue weighted by molar-refractivity contribution is -0.384. The van der Waals surface area contributed by atoms with Gasteiger partial charge in [-0.3, -0.25) is 19.5 Å². The molecule has 0 fully saturated rings. The molecule has 11 nitrogen and oxygen atoms in total. The topological polar surface area (TPSA) is 131 Å². The smallest absolute Gasteiger partial charge is 0.338 e. The number of aromatic nitrogens is 1. The molecule has 1 aromatic heterocycles. The van der Waals surface area contributed by atoms with Crippen LogP contribution in [0.4, 0.5) is 5.69 Å². The van der Waals surface area contributed by atoms with Gasteiger partial charge in [0, 0.05) is 22.2 Å². The third-order valence-corrected chi connectivity index (χ3v) is 9.27. The van der Waals surface area contributed by atoms with Gasteiger partial charge >= 0.3 is 5.97 Å². The first-order valence-electron chi connectivity index (χ1n) is 14.8. The first kappa shape index (κ1) is 35.0. The zero-order valence-corrected chi connectivity index (χ0v) is 30.6. The van der Waals surface area contributed by atoms with Crippen molar-refractivity contribution in [2.45, 2.75) is 46.4 Å². The van der Waals surface area contributed by atoms with Gasteiger partial charge in [-0.2, -0.15) is 0 Å². The van der Waals surface area contributed by atoms with Crippen molar-refractivity contribution in [3.05, 3.63) is 121 Å². The number of ether oxygens (including phenoxy) is 4. The second-order valence-corrected chi connectivity index (χ2v) is 13.7. The molecule has 0 saturated heterocycles. The van der Waals surface area contributed by atoms with E-state index in [4.69, 9.17) is 18.9 Å². The molecule has 250 valence electrons. The van der Waals surface area contributed by atoms with Gasteiger partial charge in [-0.15, -0.1) is 0 Å². The van der Waals surface area contributed by atoms with E-state index in [0.717, 1.165) is 10.0 Å². The maximum atomic E-state index is 14.3. The van der Waals surface area contributed by atoms with E-state index in [0.29, 0.717) is 47.9 Å². The molecule has 3 aromatic carbocycles. The maximum absolute atomic E-state index is 14.3. The number of nitro benzene ring substituents is 1. The molecule has 4 aromatic rings. The molecule has 48 heavy (non-hydrogen) atoms. The van der Waals surface area contributed by atoms with E-state index in [1.807, 2.05) is 26.0 Å². The first-order chi connectivity index (χ1) is 22.9. The first-order valence-corrected chi connectivity index (χ1v) is 17.2. The zero-order valence-electron chi connectivity index (χ0n) is 26.6. The molecule has 2 heterocycles. The van der Waals surface area contributed by atoms with E-state index >= 15 is 0 Å². The Morgan fingerprint density at radius 2 is 1.85 bits per heavy atom. The van der Waals surface area contributed by atoms with E-state index in [1.165, 1.54) is 35.1 Å². The van der Waals surface area contributed by atoms with Crippen molar-refractivity contribution in [2.75, 3.05) is 13.7 Å². The van der Waals surface area contributed by atoms with Crippen LogP contribution in [0.1, 0.15) is 50.4 Å². The van der Waals surface area contributed by atoms with Crippen molar-refractivity contribution >= 4 is 60.9 Å². The minimum Gasteiger partial charge on any atom is -0.493 e. The number of allylic oxidation sites excluding steroid dienone is 1. The Bertz CT molecular complexity index is 2110. The second kappa shape index (κ2) is 14.9. The van der Waals surface area contributed by atoms with Crippen molar-refractivity contribution < 1.29 is 28.7 Å². The van der Waals surface area contributed by atoms with Gasteiger partial charge in [0.1, 0.15) is 12.4 Å². The maximum Gasteiger partial charge on any atom is 0.338 e. The quantitative estimate of drug-likeness (QED) is 0.0942. The number of hydrogen-bond donors (Lipinski definition) is 0. The molecule has 1 aliphatic rings. The molecular formula is C34H31Br2N3O8S. The number of benzene rings is 3. The van der Waals surface area contributed by atoms with Gasteiger partial charge in [-0.05, 0) is 97.2 Å². The minimum absolute atomic E-state index is 0.0161. The Labute approximate surface area is 296 Å². The Balaban J connectivity index is 1.63. The van der Waals surface area contributed by atoms with E-state index in [-0.39, 0.29) is 36.1 Å². The average Bonchev–Trinajstić information content (AvgIpc) is 3.33. The summed E-state index contributed by atoms with van der Waals surface area (Å²) in [5, 5.41) is 11.1. The van der Waals surface area contributed by atoms with E-state index in [9.17, 15) is 19.7 Å². The number of nitrogens with zero attached hydrogens (tertiary/aromatic N) is 3. The highest BCUT2D eigenvalue weighted by atomic mass is 79.9. The Morgan fingerprint density at radius 3 is 2.50 bits per heavy atom. The summed E-state index contributed by atoms with van der Waals surface area (Å²) in [6.07, 6.45) is 1.62. The molecule has 0 radical (unpaired) electrons. The highest BCUT2D eigenvalue weighted by Gasteiger charge is 2.34. The van der Waals surface area contributed by atoms with Gasteiger partial charge in [0.05, 0.1) is 51.1 Å². The lowest BCUT2D eigenvalue weighted by Gasteiger charge is -2.25. The van der Waals surface area contributed by atoms with Gasteiger partial charge in [-0.25, -0.2) is 9.79 Å². The van der Waals surface area contributed by atoms with Crippen LogP contribution in [-0.2, 0) is 16.1 Å². The van der Waals surface area contributed by atoms with Crippen molar-refractivity contribution in [2.24, 2.45) is 4.99 Å². The molecule has 0 N–H and O–H groups in total. The number of carbonyl (C=O) groups is 1. The average molecular weight is 802 g/mol. The van der Waals surface area contributed by atoms with Crippen molar-refractivity contribution in [1.29, 1.82) is 0 Å². The van der Waals surface area contributed by atoms with Gasteiger partial charge in [0.25, 0.3) is 11.2 Å². The molecule has 0 aliphatic carbocycles. The molecule has 1 aliphatic heterocycles. The number of rotatable bonds is 11. The number of carbonyl (C=O) groups excluding carboxylic acids is 1. The minimum atomic E-state index is -0.850. The van der Waals surface area contributed by atoms with E-state index in [2.05, 4.69) is 36.9 Å². The van der Waals surface area contributed by atoms with Crippen LogP contribution in [0.5, 0.6) is 17.2 Å². The summed E-state index contributed by atoms with van der Waals surface area (Å²) >= 11 is 8.28. The van der Waals surface area contributed by atoms with Crippen LogP contribution in [0.2, 0.25) is 0 Å². The summed E-state index contributed by atoms with van der Waals surface area (Å²) in [6, 6.07) is 14.2. The standard InChI is InChI=1S/C34H31Br2N3O8S/c1-6-45-33(41)29-19(4)37-34-38(30(29)21-9-12-26(47-18(2)3)27(14-21)44-5)32(40)28(48-34)15-22-13-23(35)16-25(36)31(22)46-17-20-7-10-24(11-8-20)39(42)43/h7-16,18,30H,6,17H2,1-5H3/b28-15+/t30-/m0/s1. The number of esters is 1. The molecule has 0 saturated carbocycles. The fourth-order valence-electron chi connectivity index (χ4n) is 5.16. The lowest BCUT2D eigenvalue weighted by Crippen LogP contribution is -2.40. The van der Waals surface area contributed by atoms with Crippen LogP contribution < -0.4 is 29.1 Å².